The number of hydrogen-bond acceptors (Lipinski definition) is 4. The van der Waals surface area contributed by atoms with E-state index in [0.29, 0.717) is 4.71 Å². The Morgan fingerprint density at radius 1 is 1.78 bits per heavy atom. The molecule has 0 radical (unpaired) electrons. The molecule has 0 saturated carbocycles. The number of thioether (sulfide) groups is 2. The molecule has 1 aliphatic heterocycles. The van der Waals surface area contributed by atoms with Crippen molar-refractivity contribution in [2.45, 2.75) is 11.6 Å². The van der Waals surface area contributed by atoms with Gasteiger partial charge in [0.25, 0.3) is 0 Å². The number of hydrazone groups is 1. The molecule has 9 heavy (non-hydrogen) atoms. The molecule has 0 saturated heterocycles. The summed E-state index contributed by atoms with van der Waals surface area (Å²) in [4.78, 5) is 0. The van der Waals surface area contributed by atoms with Crippen molar-refractivity contribution < 1.29 is 0 Å². The summed E-state index contributed by atoms with van der Waals surface area (Å²) in [5, 5.41) is 7.39. The van der Waals surface area contributed by atoms with Gasteiger partial charge >= 0.3 is 0 Å². The fourth-order valence-corrected chi connectivity index (χ4v) is 2.54. The highest BCUT2D eigenvalue weighted by molar-refractivity contribution is 8.24. The first-order valence-corrected chi connectivity index (χ1v) is 4.88. The van der Waals surface area contributed by atoms with E-state index in [0.717, 1.165) is 5.04 Å². The van der Waals surface area contributed by atoms with Crippen LogP contribution in [0.4, 0.5) is 0 Å². The molecule has 52 valence electrons. The molecule has 1 atom stereocenters. The molecule has 0 N–H and O–H groups in total. The van der Waals surface area contributed by atoms with E-state index in [1.165, 1.54) is 0 Å². The molecular formula is C5H10N2S2. The van der Waals surface area contributed by atoms with Crippen LogP contribution in [0, 0.1) is 0 Å². The second-order valence-electron chi connectivity index (χ2n) is 1.85. The molecule has 0 aromatic carbocycles. The molecule has 0 aliphatic carbocycles. The maximum atomic E-state index is 4.23. The van der Waals surface area contributed by atoms with Gasteiger partial charge in [-0.3, -0.25) is 5.01 Å². The fraction of sp³-hybridized carbons (Fsp3) is 0.800. The SMILES string of the molecule is CSC1SC(C)=NN1C. The van der Waals surface area contributed by atoms with Gasteiger partial charge in [0.2, 0.25) is 0 Å². The molecule has 1 rings (SSSR count). The standard InChI is InChI=1S/C5H10N2S2/c1-4-6-7(2)5(8-3)9-4/h5H,1-3H3. The van der Waals surface area contributed by atoms with Crippen LogP contribution in [0.3, 0.4) is 0 Å². The van der Waals surface area contributed by atoms with Crippen LogP contribution in [0.2, 0.25) is 0 Å². The van der Waals surface area contributed by atoms with E-state index in [1.54, 1.807) is 0 Å². The second-order valence-corrected chi connectivity index (χ2v) is 4.34. The monoisotopic (exact) mass is 162 g/mol. The van der Waals surface area contributed by atoms with Gasteiger partial charge in [-0.15, -0.1) is 11.8 Å². The Hall–Kier alpha value is 0.170. The topological polar surface area (TPSA) is 15.6 Å². The summed E-state index contributed by atoms with van der Waals surface area (Å²) in [6.07, 6.45) is 2.10. The van der Waals surface area contributed by atoms with E-state index in [9.17, 15) is 0 Å². The average Bonchev–Trinajstić information content (AvgIpc) is 2.10. The first kappa shape index (κ1) is 7.28. The third-order valence-corrected chi connectivity index (χ3v) is 3.58. The lowest BCUT2D eigenvalue weighted by molar-refractivity contribution is 0.407. The first-order chi connectivity index (χ1) is 4.24. The van der Waals surface area contributed by atoms with E-state index in [4.69, 9.17) is 0 Å². The fourth-order valence-electron chi connectivity index (χ4n) is 0.716. The van der Waals surface area contributed by atoms with Crippen molar-refractivity contribution in [3.63, 3.8) is 0 Å². The van der Waals surface area contributed by atoms with Gasteiger partial charge in [-0.25, -0.2) is 0 Å². The Morgan fingerprint density at radius 3 is 2.67 bits per heavy atom. The Balaban J connectivity index is 2.49. The van der Waals surface area contributed by atoms with Crippen molar-refractivity contribution in [1.29, 1.82) is 0 Å². The third kappa shape index (κ3) is 1.55. The van der Waals surface area contributed by atoms with Crippen LogP contribution < -0.4 is 0 Å². The summed E-state index contributed by atoms with van der Waals surface area (Å²) in [5.41, 5.74) is 0. The second kappa shape index (κ2) is 2.84. The lowest BCUT2D eigenvalue weighted by Crippen LogP contribution is -2.14. The number of nitrogens with zero attached hydrogens (tertiary/aromatic N) is 2. The van der Waals surface area contributed by atoms with Gasteiger partial charge in [0.05, 0.1) is 5.04 Å². The lowest BCUT2D eigenvalue weighted by atomic mass is 10.9. The van der Waals surface area contributed by atoms with Gasteiger partial charge in [0.15, 0.2) is 0 Å². The van der Waals surface area contributed by atoms with Crippen molar-refractivity contribution in [3.05, 3.63) is 0 Å². The number of hydrogen-bond donors (Lipinski definition) is 0. The zero-order valence-electron chi connectivity index (χ0n) is 5.79. The van der Waals surface area contributed by atoms with Gasteiger partial charge in [0.1, 0.15) is 4.71 Å². The molecule has 0 amide bonds. The van der Waals surface area contributed by atoms with Crippen LogP contribution in [0.5, 0.6) is 0 Å². The maximum Gasteiger partial charge on any atom is 0.143 e. The summed E-state index contributed by atoms with van der Waals surface area (Å²) in [6, 6.07) is 0. The van der Waals surface area contributed by atoms with Crippen LogP contribution in [0.1, 0.15) is 6.92 Å². The van der Waals surface area contributed by atoms with Crippen molar-refractivity contribution in [3.8, 4) is 0 Å². The van der Waals surface area contributed by atoms with Crippen molar-refractivity contribution in [2.24, 2.45) is 5.10 Å². The molecule has 2 nitrogen and oxygen atoms in total. The predicted octanol–water partition coefficient (Wildman–Crippen LogP) is 1.64. The smallest absolute Gasteiger partial charge is 0.143 e. The van der Waals surface area contributed by atoms with Crippen LogP contribution in [0.25, 0.3) is 0 Å². The quantitative estimate of drug-likeness (QED) is 0.583. The zero-order valence-corrected chi connectivity index (χ0v) is 7.42. The van der Waals surface area contributed by atoms with Gasteiger partial charge in [0, 0.05) is 7.05 Å². The van der Waals surface area contributed by atoms with E-state index in [2.05, 4.69) is 11.4 Å². The summed E-state index contributed by atoms with van der Waals surface area (Å²) in [7, 11) is 2.00. The Bertz CT molecular complexity index is 135. The minimum absolute atomic E-state index is 0.505. The highest BCUT2D eigenvalue weighted by Gasteiger charge is 2.19. The van der Waals surface area contributed by atoms with E-state index < -0.39 is 0 Å². The van der Waals surface area contributed by atoms with Crippen LogP contribution >= 0.6 is 23.5 Å². The maximum absolute atomic E-state index is 4.23. The summed E-state index contributed by atoms with van der Waals surface area (Å²) >= 11 is 3.63. The zero-order chi connectivity index (χ0) is 6.85. The van der Waals surface area contributed by atoms with Gasteiger partial charge < -0.3 is 0 Å². The van der Waals surface area contributed by atoms with E-state index >= 15 is 0 Å². The molecule has 4 heteroatoms. The van der Waals surface area contributed by atoms with Crippen molar-refractivity contribution in [1.82, 2.24) is 5.01 Å². The molecule has 0 aromatic rings. The molecule has 0 spiro atoms. The molecule has 0 fully saturated rings. The van der Waals surface area contributed by atoms with Crippen molar-refractivity contribution >= 4 is 28.6 Å². The van der Waals surface area contributed by atoms with Crippen LogP contribution in [0.15, 0.2) is 5.10 Å². The van der Waals surface area contributed by atoms with E-state index in [-0.39, 0.29) is 0 Å². The normalized spacial score (nSPS) is 26.8. The molecular weight excluding hydrogens is 152 g/mol. The molecule has 1 unspecified atom stereocenters. The summed E-state index contributed by atoms with van der Waals surface area (Å²) in [5.74, 6) is 0. The molecule has 1 heterocycles. The average molecular weight is 162 g/mol. The molecule has 0 aromatic heterocycles. The third-order valence-electron chi connectivity index (χ3n) is 1.08. The first-order valence-electron chi connectivity index (χ1n) is 2.71. The highest BCUT2D eigenvalue weighted by atomic mass is 32.2. The van der Waals surface area contributed by atoms with Crippen LogP contribution in [-0.2, 0) is 0 Å². The van der Waals surface area contributed by atoms with Gasteiger partial charge in [-0.2, -0.15) is 5.10 Å². The Labute approximate surface area is 64.1 Å². The largest absolute Gasteiger partial charge is 0.276 e. The number of rotatable bonds is 1. The molecule has 0 bridgehead atoms. The van der Waals surface area contributed by atoms with E-state index in [1.807, 2.05) is 42.5 Å². The predicted molar refractivity (Wildman–Crippen MR) is 45.8 cm³/mol. The van der Waals surface area contributed by atoms with Crippen molar-refractivity contribution in [2.75, 3.05) is 13.3 Å². The minimum Gasteiger partial charge on any atom is -0.276 e. The van der Waals surface area contributed by atoms with Gasteiger partial charge in [-0.1, -0.05) is 11.8 Å². The van der Waals surface area contributed by atoms with Gasteiger partial charge in [-0.05, 0) is 13.2 Å². The summed E-state index contributed by atoms with van der Waals surface area (Å²) < 4.78 is 0.505. The molecule has 1 aliphatic rings. The van der Waals surface area contributed by atoms with Crippen LogP contribution in [-0.4, -0.2) is 28.1 Å². The lowest BCUT2D eigenvalue weighted by Gasteiger charge is -2.13. The summed E-state index contributed by atoms with van der Waals surface area (Å²) in [6.45, 7) is 2.04. The highest BCUT2D eigenvalue weighted by Crippen LogP contribution is 2.30. The Kier molecular flexibility index (Phi) is 2.29. The Morgan fingerprint density at radius 2 is 2.44 bits per heavy atom. The minimum atomic E-state index is 0.505.